The second-order valence-corrected chi connectivity index (χ2v) is 6.83. The molecule has 1 aromatic carbocycles. The molecule has 0 radical (unpaired) electrons. The van der Waals surface area contributed by atoms with Crippen molar-refractivity contribution < 1.29 is 9.53 Å². The molecule has 1 amide bonds. The van der Waals surface area contributed by atoms with Crippen molar-refractivity contribution in [2.75, 3.05) is 43.5 Å². The standard InChI is InChI=1S/C20H24N4O2/c1-26-18-7-5-17(6-8-18)23-10-12-24(13-11-23)20(25)19-9-4-16(14-21-19)22-15-2-3-15/h4-9,14-15,22H,2-3,10-13H2,1H3. The number of rotatable bonds is 5. The smallest absolute Gasteiger partial charge is 0.272 e. The van der Waals surface area contributed by atoms with Crippen molar-refractivity contribution in [1.82, 2.24) is 9.88 Å². The number of piperazine rings is 1. The number of carbonyl (C=O) groups is 1. The van der Waals surface area contributed by atoms with E-state index in [4.69, 9.17) is 4.74 Å². The maximum absolute atomic E-state index is 12.7. The van der Waals surface area contributed by atoms with E-state index in [0.717, 1.165) is 30.2 Å². The normalized spacial score (nSPS) is 17.1. The van der Waals surface area contributed by atoms with E-state index in [1.807, 2.05) is 29.2 Å². The lowest BCUT2D eigenvalue weighted by atomic mass is 10.2. The summed E-state index contributed by atoms with van der Waals surface area (Å²) in [7, 11) is 1.67. The van der Waals surface area contributed by atoms with Crippen LogP contribution in [-0.2, 0) is 0 Å². The zero-order valence-corrected chi connectivity index (χ0v) is 15.0. The Balaban J connectivity index is 1.33. The van der Waals surface area contributed by atoms with E-state index >= 15 is 0 Å². The second-order valence-electron chi connectivity index (χ2n) is 6.83. The summed E-state index contributed by atoms with van der Waals surface area (Å²) in [5.41, 5.74) is 2.67. The number of benzene rings is 1. The summed E-state index contributed by atoms with van der Waals surface area (Å²) >= 11 is 0. The van der Waals surface area contributed by atoms with Crippen LogP contribution in [0.2, 0.25) is 0 Å². The molecule has 1 aliphatic heterocycles. The van der Waals surface area contributed by atoms with Crippen LogP contribution < -0.4 is 15.0 Å². The van der Waals surface area contributed by atoms with Gasteiger partial charge in [0.2, 0.25) is 0 Å². The van der Waals surface area contributed by atoms with Gasteiger partial charge in [0.25, 0.3) is 5.91 Å². The predicted molar refractivity (Wildman–Crippen MR) is 102 cm³/mol. The maximum Gasteiger partial charge on any atom is 0.272 e. The van der Waals surface area contributed by atoms with E-state index in [1.165, 1.54) is 12.8 Å². The van der Waals surface area contributed by atoms with E-state index in [1.54, 1.807) is 13.3 Å². The monoisotopic (exact) mass is 352 g/mol. The van der Waals surface area contributed by atoms with Gasteiger partial charge in [-0.2, -0.15) is 0 Å². The van der Waals surface area contributed by atoms with Gasteiger partial charge >= 0.3 is 0 Å². The fraction of sp³-hybridized carbons (Fsp3) is 0.400. The summed E-state index contributed by atoms with van der Waals surface area (Å²) in [6.07, 6.45) is 4.21. The number of pyridine rings is 1. The van der Waals surface area contributed by atoms with Gasteiger partial charge in [-0.1, -0.05) is 0 Å². The largest absolute Gasteiger partial charge is 0.497 e. The van der Waals surface area contributed by atoms with Crippen LogP contribution >= 0.6 is 0 Å². The molecule has 0 unspecified atom stereocenters. The molecule has 4 rings (SSSR count). The Morgan fingerprint density at radius 2 is 1.81 bits per heavy atom. The van der Waals surface area contributed by atoms with Crippen LogP contribution in [0.3, 0.4) is 0 Å². The SMILES string of the molecule is COc1ccc(N2CCN(C(=O)c3ccc(NC4CC4)cn3)CC2)cc1. The molecule has 1 saturated heterocycles. The van der Waals surface area contributed by atoms with Crippen molar-refractivity contribution in [2.24, 2.45) is 0 Å². The number of aromatic nitrogens is 1. The third-order valence-electron chi connectivity index (χ3n) is 4.94. The number of methoxy groups -OCH3 is 1. The molecule has 1 aromatic heterocycles. The molecule has 0 atom stereocenters. The molecule has 2 aromatic rings. The van der Waals surface area contributed by atoms with Crippen molar-refractivity contribution in [3.8, 4) is 5.75 Å². The summed E-state index contributed by atoms with van der Waals surface area (Å²) in [6, 6.07) is 12.4. The molecule has 2 fully saturated rings. The zero-order chi connectivity index (χ0) is 17.9. The molecule has 6 nitrogen and oxygen atoms in total. The Morgan fingerprint density at radius 1 is 1.08 bits per heavy atom. The average molecular weight is 352 g/mol. The number of amides is 1. The molecular weight excluding hydrogens is 328 g/mol. The van der Waals surface area contributed by atoms with Gasteiger partial charge in [-0.15, -0.1) is 0 Å². The molecule has 0 spiro atoms. The van der Waals surface area contributed by atoms with Crippen LogP contribution in [0.1, 0.15) is 23.3 Å². The van der Waals surface area contributed by atoms with Gasteiger partial charge in [0.15, 0.2) is 0 Å². The van der Waals surface area contributed by atoms with Gasteiger partial charge in [0, 0.05) is 37.9 Å². The summed E-state index contributed by atoms with van der Waals surface area (Å²) < 4.78 is 5.20. The topological polar surface area (TPSA) is 57.7 Å². The van der Waals surface area contributed by atoms with E-state index in [2.05, 4.69) is 27.3 Å². The van der Waals surface area contributed by atoms with E-state index in [-0.39, 0.29) is 5.91 Å². The van der Waals surface area contributed by atoms with Gasteiger partial charge in [-0.25, -0.2) is 4.98 Å². The highest BCUT2D eigenvalue weighted by Gasteiger charge is 2.24. The minimum atomic E-state index is 0.0114. The Kier molecular flexibility index (Phi) is 4.65. The third-order valence-corrected chi connectivity index (χ3v) is 4.94. The first-order chi connectivity index (χ1) is 12.7. The maximum atomic E-state index is 12.7. The first-order valence-corrected chi connectivity index (χ1v) is 9.14. The highest BCUT2D eigenvalue weighted by molar-refractivity contribution is 5.92. The van der Waals surface area contributed by atoms with Gasteiger partial charge in [-0.05, 0) is 49.2 Å². The predicted octanol–water partition coefficient (Wildman–Crippen LogP) is 2.63. The Bertz CT molecular complexity index is 748. The van der Waals surface area contributed by atoms with Crippen molar-refractivity contribution in [3.05, 3.63) is 48.3 Å². The lowest BCUT2D eigenvalue weighted by Gasteiger charge is -2.36. The van der Waals surface area contributed by atoms with Crippen LogP contribution in [0.25, 0.3) is 0 Å². The van der Waals surface area contributed by atoms with Crippen molar-refractivity contribution in [1.29, 1.82) is 0 Å². The summed E-state index contributed by atoms with van der Waals surface area (Å²) in [5, 5.41) is 3.39. The molecule has 2 aliphatic rings. The van der Waals surface area contributed by atoms with Crippen LogP contribution in [-0.4, -0.2) is 55.1 Å². The molecule has 6 heteroatoms. The molecule has 136 valence electrons. The number of nitrogens with one attached hydrogen (secondary N) is 1. The van der Waals surface area contributed by atoms with Crippen molar-refractivity contribution in [2.45, 2.75) is 18.9 Å². The molecule has 26 heavy (non-hydrogen) atoms. The second kappa shape index (κ2) is 7.23. The van der Waals surface area contributed by atoms with Gasteiger partial charge in [0.05, 0.1) is 19.0 Å². The number of hydrogen-bond donors (Lipinski definition) is 1. The van der Waals surface area contributed by atoms with E-state index < -0.39 is 0 Å². The highest BCUT2D eigenvalue weighted by Crippen LogP contribution is 2.24. The fourth-order valence-electron chi connectivity index (χ4n) is 3.19. The first-order valence-electron chi connectivity index (χ1n) is 9.14. The number of nitrogens with zero attached hydrogens (tertiary/aromatic N) is 3. The quantitative estimate of drug-likeness (QED) is 0.896. The minimum absolute atomic E-state index is 0.0114. The Hall–Kier alpha value is -2.76. The molecule has 1 aliphatic carbocycles. The number of hydrogen-bond acceptors (Lipinski definition) is 5. The van der Waals surface area contributed by atoms with Gasteiger partial charge < -0.3 is 19.9 Å². The fourth-order valence-corrected chi connectivity index (χ4v) is 3.19. The van der Waals surface area contributed by atoms with Crippen LogP contribution in [0.15, 0.2) is 42.6 Å². The Labute approximate surface area is 153 Å². The van der Waals surface area contributed by atoms with Crippen LogP contribution in [0.5, 0.6) is 5.75 Å². The van der Waals surface area contributed by atoms with Crippen LogP contribution in [0.4, 0.5) is 11.4 Å². The van der Waals surface area contributed by atoms with Crippen molar-refractivity contribution >= 4 is 17.3 Å². The average Bonchev–Trinajstić information content (AvgIpc) is 3.52. The highest BCUT2D eigenvalue weighted by atomic mass is 16.5. The molecule has 1 N–H and O–H groups in total. The number of carbonyl (C=O) groups excluding carboxylic acids is 1. The lowest BCUT2D eigenvalue weighted by Crippen LogP contribution is -2.49. The van der Waals surface area contributed by atoms with E-state index in [0.29, 0.717) is 24.8 Å². The molecule has 2 heterocycles. The third kappa shape index (κ3) is 3.74. The molecular formula is C20H24N4O2. The van der Waals surface area contributed by atoms with Crippen LogP contribution in [0, 0.1) is 0 Å². The van der Waals surface area contributed by atoms with Gasteiger partial charge in [0.1, 0.15) is 11.4 Å². The van der Waals surface area contributed by atoms with Gasteiger partial charge in [-0.3, -0.25) is 4.79 Å². The van der Waals surface area contributed by atoms with Crippen molar-refractivity contribution in [3.63, 3.8) is 0 Å². The summed E-state index contributed by atoms with van der Waals surface area (Å²) in [6.45, 7) is 3.04. The molecule has 0 bridgehead atoms. The summed E-state index contributed by atoms with van der Waals surface area (Å²) in [4.78, 5) is 21.2. The first kappa shape index (κ1) is 16.7. The number of anilines is 2. The zero-order valence-electron chi connectivity index (χ0n) is 15.0. The number of ether oxygens (including phenoxy) is 1. The lowest BCUT2D eigenvalue weighted by molar-refractivity contribution is 0.0741. The molecule has 1 saturated carbocycles. The summed E-state index contributed by atoms with van der Waals surface area (Å²) in [5.74, 6) is 0.866. The minimum Gasteiger partial charge on any atom is -0.497 e. The Morgan fingerprint density at radius 3 is 2.38 bits per heavy atom. The van der Waals surface area contributed by atoms with E-state index in [9.17, 15) is 4.79 Å².